The van der Waals surface area contributed by atoms with Gasteiger partial charge >= 0.3 is 17.7 Å². The van der Waals surface area contributed by atoms with Crippen molar-refractivity contribution in [3.05, 3.63) is 59.7 Å². The highest BCUT2D eigenvalue weighted by Crippen LogP contribution is 2.48. The minimum Gasteiger partial charge on any atom is -0.298 e. The van der Waals surface area contributed by atoms with E-state index in [9.17, 15) is 23.2 Å². The van der Waals surface area contributed by atoms with Crippen molar-refractivity contribution in [1.82, 2.24) is 5.32 Å². The van der Waals surface area contributed by atoms with E-state index < -0.39 is 60.0 Å². The normalized spacial score (nSPS) is 19.0. The Morgan fingerprint density at radius 3 is 2.03 bits per heavy atom. The molecular formula is C26H28F4N2O3S. The van der Waals surface area contributed by atoms with Crippen molar-refractivity contribution in [2.24, 2.45) is 5.41 Å². The summed E-state index contributed by atoms with van der Waals surface area (Å²) in [6.07, 6.45) is -5.38. The molecule has 0 heterocycles. The summed E-state index contributed by atoms with van der Waals surface area (Å²) in [6.45, 7) is -0.484. The van der Waals surface area contributed by atoms with Gasteiger partial charge in [0.2, 0.25) is 0 Å². The SMILES string of the molecule is O=S=O.[2H]C([2H])([2H])C(C)(F)C[C@H](N[C@@H](c1ccc(-c2ccc(C)cc2)cc1)C(F)(F)F)C(=O)CC1(C#N)CC1. The number of hydrogen-bond acceptors (Lipinski definition) is 5. The smallest absolute Gasteiger partial charge is 0.298 e. The van der Waals surface area contributed by atoms with E-state index in [0.717, 1.165) is 18.1 Å². The summed E-state index contributed by atoms with van der Waals surface area (Å²) >= 11 is -0.750. The number of hydrogen-bond donors (Lipinski definition) is 1. The number of rotatable bonds is 9. The van der Waals surface area contributed by atoms with Crippen molar-refractivity contribution in [2.45, 2.75) is 70.3 Å². The molecular weight excluding hydrogens is 496 g/mol. The van der Waals surface area contributed by atoms with Crippen molar-refractivity contribution in [1.29, 1.82) is 5.26 Å². The Morgan fingerprint density at radius 1 is 1.11 bits per heavy atom. The number of halogens is 4. The lowest BCUT2D eigenvalue weighted by Crippen LogP contribution is -2.47. The second-order valence-corrected chi connectivity index (χ2v) is 9.32. The van der Waals surface area contributed by atoms with Gasteiger partial charge < -0.3 is 0 Å². The van der Waals surface area contributed by atoms with Gasteiger partial charge in [-0.15, -0.1) is 0 Å². The molecule has 1 aliphatic carbocycles. The van der Waals surface area contributed by atoms with Crippen LogP contribution in [0.1, 0.15) is 60.7 Å². The predicted molar refractivity (Wildman–Crippen MR) is 128 cm³/mol. The minimum absolute atomic E-state index is 0.202. The van der Waals surface area contributed by atoms with Crippen LogP contribution in [0.25, 0.3) is 11.1 Å². The van der Waals surface area contributed by atoms with Crippen LogP contribution < -0.4 is 5.32 Å². The topological polar surface area (TPSA) is 87.0 Å². The molecule has 0 spiro atoms. The third-order valence-electron chi connectivity index (χ3n) is 5.90. The molecule has 0 aromatic heterocycles. The van der Waals surface area contributed by atoms with E-state index >= 15 is 4.39 Å². The van der Waals surface area contributed by atoms with E-state index in [4.69, 9.17) is 12.5 Å². The maximum Gasteiger partial charge on any atom is 0.407 e. The highest BCUT2D eigenvalue weighted by atomic mass is 32.1. The van der Waals surface area contributed by atoms with Crippen LogP contribution in [-0.4, -0.2) is 32.1 Å². The fraction of sp³-hybridized carbons (Fsp3) is 0.462. The Kier molecular flexibility index (Phi) is 8.18. The summed E-state index contributed by atoms with van der Waals surface area (Å²) in [5.41, 5.74) is -1.56. The van der Waals surface area contributed by atoms with Crippen LogP contribution in [0.3, 0.4) is 0 Å². The predicted octanol–water partition coefficient (Wildman–Crippen LogP) is 5.95. The van der Waals surface area contributed by atoms with E-state index in [1.54, 1.807) is 0 Å². The van der Waals surface area contributed by atoms with Gasteiger partial charge in [-0.2, -0.15) is 26.9 Å². The molecule has 1 N–H and O–H groups in total. The number of nitrogens with zero attached hydrogens (tertiary/aromatic N) is 1. The first-order chi connectivity index (χ1) is 18.0. The van der Waals surface area contributed by atoms with Gasteiger partial charge in [-0.1, -0.05) is 54.1 Å². The quantitative estimate of drug-likeness (QED) is 0.407. The second-order valence-electron chi connectivity index (χ2n) is 9.19. The summed E-state index contributed by atoms with van der Waals surface area (Å²) in [7, 11) is 0. The molecule has 3 atom stereocenters. The van der Waals surface area contributed by atoms with Crippen LogP contribution in [0.5, 0.6) is 0 Å². The Bertz CT molecular complexity index is 1220. The standard InChI is InChI=1S/C26H28F4N2O.O2S/c1-17-4-6-18(7-5-17)19-8-10-20(11-9-19)23(26(28,29)30)32-21(14-24(2,3)27)22(33)15-25(16-31)12-13-25;1-3-2/h4-11,21,23,32H,12-15H2,1-3H3;/t21-,23-;/m0./s1/i2D3;/t21-,23-,24?;. The van der Waals surface area contributed by atoms with Crippen molar-refractivity contribution < 1.29 is 34.9 Å². The molecule has 3 rings (SSSR count). The minimum atomic E-state index is -4.86. The lowest BCUT2D eigenvalue weighted by atomic mass is 9.90. The zero-order valence-electron chi connectivity index (χ0n) is 22.7. The molecule has 0 saturated heterocycles. The lowest BCUT2D eigenvalue weighted by Gasteiger charge is -2.30. The summed E-state index contributed by atoms with van der Waals surface area (Å²) in [5.74, 6) is -0.812. The van der Waals surface area contributed by atoms with Gasteiger partial charge in [-0.05, 0) is 50.2 Å². The molecule has 0 bridgehead atoms. The van der Waals surface area contributed by atoms with E-state index in [0.29, 0.717) is 18.4 Å². The number of nitriles is 1. The van der Waals surface area contributed by atoms with Crippen molar-refractivity contribution in [3.63, 3.8) is 0 Å². The maximum atomic E-state index is 15.1. The fourth-order valence-corrected chi connectivity index (χ4v) is 3.78. The molecule has 0 amide bonds. The summed E-state index contributed by atoms with van der Waals surface area (Å²) in [6, 6.07) is 10.9. The molecule has 1 fully saturated rings. The van der Waals surface area contributed by atoms with E-state index in [-0.39, 0.29) is 12.0 Å². The molecule has 194 valence electrons. The number of nitrogens with one attached hydrogen (secondary N) is 1. The van der Waals surface area contributed by atoms with Gasteiger partial charge in [0, 0.05) is 17.0 Å². The molecule has 36 heavy (non-hydrogen) atoms. The third-order valence-corrected chi connectivity index (χ3v) is 5.90. The monoisotopic (exact) mass is 527 g/mol. The van der Waals surface area contributed by atoms with Crippen molar-refractivity contribution >= 4 is 17.4 Å². The Balaban J connectivity index is 0.00000170. The molecule has 2 aromatic rings. The average Bonchev–Trinajstić information content (AvgIpc) is 3.61. The van der Waals surface area contributed by atoms with Crippen molar-refractivity contribution in [3.8, 4) is 17.2 Å². The second kappa shape index (κ2) is 11.9. The van der Waals surface area contributed by atoms with Gasteiger partial charge in [-0.3, -0.25) is 10.1 Å². The maximum absolute atomic E-state index is 15.1. The van der Waals surface area contributed by atoms with E-state index in [2.05, 4.69) is 5.32 Å². The Morgan fingerprint density at radius 2 is 1.61 bits per heavy atom. The number of Topliss-reactive ketones (excluding diaryl/α,β-unsaturated/α-hetero) is 1. The summed E-state index contributed by atoms with van der Waals surface area (Å²) in [5, 5.41) is 11.5. The van der Waals surface area contributed by atoms with Crippen LogP contribution in [-0.2, 0) is 16.4 Å². The summed E-state index contributed by atoms with van der Waals surface area (Å²) in [4.78, 5) is 13.0. The number of benzene rings is 2. The highest BCUT2D eigenvalue weighted by molar-refractivity contribution is 7.51. The molecule has 1 aliphatic rings. The molecule has 1 saturated carbocycles. The zero-order valence-corrected chi connectivity index (χ0v) is 20.5. The first-order valence-corrected chi connectivity index (χ1v) is 11.7. The van der Waals surface area contributed by atoms with Crippen LogP contribution in [0.2, 0.25) is 0 Å². The van der Waals surface area contributed by atoms with Crippen LogP contribution in [0.15, 0.2) is 48.5 Å². The molecule has 0 radical (unpaired) electrons. The molecule has 2 aromatic carbocycles. The van der Waals surface area contributed by atoms with Gasteiger partial charge in [0.25, 0.3) is 0 Å². The van der Waals surface area contributed by atoms with Crippen molar-refractivity contribution in [2.75, 3.05) is 0 Å². The number of carbonyl (C=O) groups is 1. The molecule has 10 heteroatoms. The molecule has 1 unspecified atom stereocenters. The summed E-state index contributed by atoms with van der Waals surface area (Å²) < 4.78 is 96.4. The average molecular weight is 528 g/mol. The molecule has 0 aliphatic heterocycles. The first-order valence-electron chi connectivity index (χ1n) is 12.5. The number of carbonyl (C=O) groups excluding carboxylic acids is 1. The number of ketones is 1. The van der Waals surface area contributed by atoms with Gasteiger partial charge in [0.15, 0.2) is 5.78 Å². The lowest BCUT2D eigenvalue weighted by molar-refractivity contribution is -0.161. The van der Waals surface area contributed by atoms with Crippen LogP contribution >= 0.6 is 0 Å². The van der Waals surface area contributed by atoms with Gasteiger partial charge in [0.05, 0.1) is 17.5 Å². The highest BCUT2D eigenvalue weighted by Gasteiger charge is 2.48. The van der Waals surface area contributed by atoms with E-state index in [1.807, 2.05) is 37.3 Å². The van der Waals surface area contributed by atoms with E-state index in [1.165, 1.54) is 24.3 Å². The zero-order chi connectivity index (χ0) is 29.6. The Labute approximate surface area is 215 Å². The largest absolute Gasteiger partial charge is 0.407 e. The third kappa shape index (κ3) is 8.64. The van der Waals surface area contributed by atoms with Crippen LogP contribution in [0, 0.1) is 23.7 Å². The number of alkyl halides is 4. The van der Waals surface area contributed by atoms with Gasteiger partial charge in [-0.25, -0.2) is 4.39 Å². The van der Waals surface area contributed by atoms with Gasteiger partial charge in [0.1, 0.15) is 11.7 Å². The first kappa shape index (κ1) is 24.8. The fourth-order valence-electron chi connectivity index (χ4n) is 3.78. The molecule has 5 nitrogen and oxygen atoms in total. The van der Waals surface area contributed by atoms with Crippen LogP contribution in [0.4, 0.5) is 17.6 Å². The Hall–Kier alpha value is -2.90. The number of aryl methyl sites for hydroxylation is 1.